The average Bonchev–Trinajstić information content (AvgIpc) is 3.38. The van der Waals surface area contributed by atoms with Gasteiger partial charge in [-0.2, -0.15) is 0 Å². The number of halogens is 12. The fraction of sp³-hybridized carbons (Fsp3) is 0.222. The molecule has 4 atom stereocenters. The van der Waals surface area contributed by atoms with Gasteiger partial charge in [0.25, 0.3) is 0 Å². The van der Waals surface area contributed by atoms with Gasteiger partial charge in [-0.1, -0.05) is 139 Å². The Morgan fingerprint density at radius 2 is 0.630 bits per heavy atom. The molecule has 54 heavy (non-hydrogen) atoms. The van der Waals surface area contributed by atoms with Gasteiger partial charge < -0.3 is 0 Å². The molecule has 0 radical (unpaired) electrons. The molecule has 18 heteroatoms. The van der Waals surface area contributed by atoms with Crippen LogP contribution in [-0.4, -0.2) is 31.6 Å². The van der Waals surface area contributed by atoms with Crippen LogP contribution in [0, 0.1) is 0 Å². The second-order valence-electron chi connectivity index (χ2n) is 13.6. The van der Waals surface area contributed by atoms with Gasteiger partial charge in [0.15, 0.2) is 44.9 Å². The lowest BCUT2D eigenvalue weighted by atomic mass is 9.69. The van der Waals surface area contributed by atoms with Gasteiger partial charge in [0.2, 0.25) is 0 Å². The van der Waals surface area contributed by atoms with Crippen molar-refractivity contribution in [2.24, 2.45) is 10.4 Å². The van der Waals surface area contributed by atoms with Gasteiger partial charge in [0.05, 0.1) is 50.6 Å². The van der Waals surface area contributed by atoms with Crippen LogP contribution >= 0.6 is 139 Å². The van der Waals surface area contributed by atoms with E-state index in [0.717, 1.165) is 0 Å². The second kappa shape index (κ2) is 14.2. The molecule has 4 aromatic carbocycles. The van der Waals surface area contributed by atoms with Crippen molar-refractivity contribution in [2.75, 3.05) is 10.0 Å². The SMILES string of the molecule is C[C@@]12/C=C\[C@]3(C)[N+](c4c(Cl)cc(Cl)cc4Cl)=NN(c4c(Cl)cc(Cl)cc4Cl)[C@]3(C)/C=C\[C@]1(C)[N+](c1c(Cl)cc(Cl)cc1Cl)=NN2c1c(Cl)cc(Cl)cc1Cl. The molecule has 280 valence electrons. The molecule has 7 rings (SSSR count). The van der Waals surface area contributed by atoms with E-state index in [1.54, 1.807) is 67.9 Å². The van der Waals surface area contributed by atoms with Crippen LogP contribution in [-0.2, 0) is 0 Å². The minimum absolute atomic E-state index is 0.251. The maximum atomic E-state index is 6.92. The van der Waals surface area contributed by atoms with Crippen LogP contribution in [0.2, 0.25) is 60.3 Å². The van der Waals surface area contributed by atoms with Crippen LogP contribution in [0.3, 0.4) is 0 Å². The molecule has 4 aromatic rings. The lowest BCUT2D eigenvalue weighted by Gasteiger charge is -2.40. The van der Waals surface area contributed by atoms with Gasteiger partial charge in [-0.15, -0.1) is 19.4 Å². The maximum Gasteiger partial charge on any atom is 0.198 e. The molecule has 0 spiro atoms. The molecular weight excluding hydrogens is 942 g/mol. The van der Waals surface area contributed by atoms with Crippen LogP contribution in [0.5, 0.6) is 0 Å². The number of benzene rings is 4. The third-order valence-electron chi connectivity index (χ3n) is 10.4. The third-order valence-corrected chi connectivity index (χ3v) is 13.6. The second-order valence-corrected chi connectivity index (χ2v) is 18.6. The standard InChI is InChI=1S/C36H24Cl12N6/c1-33-5-6-35(3)36(4,54(32-27(47)15-20(40)16-28(32)48)50-53(35)31-25(45)13-19(39)14-26(31)46)8-7-34(33,2)52(30-23(43)11-18(38)12-24(30)44)49-51(33)29-21(41)9-17(37)10-22(29)42/h5-16H,1-4H3/q+2/b6-5-,8-7-/t33-,34+,35+,36-. The van der Waals surface area contributed by atoms with Gasteiger partial charge in [-0.25, -0.2) is 0 Å². The first kappa shape index (κ1) is 40.8. The molecule has 0 N–H and O–H groups in total. The van der Waals surface area contributed by atoms with E-state index >= 15 is 0 Å². The maximum absolute atomic E-state index is 6.92. The molecule has 0 saturated heterocycles. The molecule has 2 heterocycles. The quantitative estimate of drug-likeness (QED) is 0.151. The van der Waals surface area contributed by atoms with Crippen molar-refractivity contribution in [3.63, 3.8) is 0 Å². The summed E-state index contributed by atoms with van der Waals surface area (Å²) >= 11 is 80.8. The molecule has 2 aliphatic heterocycles. The molecule has 6 nitrogen and oxygen atoms in total. The van der Waals surface area contributed by atoms with Crippen LogP contribution in [0.4, 0.5) is 22.7 Å². The van der Waals surface area contributed by atoms with E-state index < -0.39 is 22.2 Å². The summed E-state index contributed by atoms with van der Waals surface area (Å²) in [6, 6.07) is 12.7. The Labute approximate surface area is 371 Å². The fourth-order valence-corrected chi connectivity index (χ4v) is 11.0. The summed E-state index contributed by atoms with van der Waals surface area (Å²) in [6.45, 7) is 7.91. The van der Waals surface area contributed by atoms with Crippen LogP contribution < -0.4 is 10.0 Å². The number of anilines is 2. The van der Waals surface area contributed by atoms with Crippen LogP contribution in [0.1, 0.15) is 27.7 Å². The van der Waals surface area contributed by atoms with E-state index in [-0.39, 0.29) is 40.2 Å². The van der Waals surface area contributed by atoms with Crippen molar-refractivity contribution in [1.82, 2.24) is 0 Å². The first-order valence-electron chi connectivity index (χ1n) is 15.8. The van der Waals surface area contributed by atoms with Gasteiger partial charge in [-0.3, -0.25) is 0 Å². The number of nitrogens with zero attached hydrogens (tertiary/aromatic N) is 6. The van der Waals surface area contributed by atoms with Crippen molar-refractivity contribution in [2.45, 2.75) is 49.9 Å². The Morgan fingerprint density at radius 1 is 0.389 bits per heavy atom. The van der Waals surface area contributed by atoms with E-state index in [0.29, 0.717) is 42.8 Å². The first-order chi connectivity index (χ1) is 25.2. The zero-order valence-corrected chi connectivity index (χ0v) is 37.2. The number of hydrogen-bond donors (Lipinski definition) is 0. The van der Waals surface area contributed by atoms with Crippen molar-refractivity contribution in [3.05, 3.63) is 133 Å². The summed E-state index contributed by atoms with van der Waals surface area (Å²) in [7, 11) is 0. The summed E-state index contributed by atoms with van der Waals surface area (Å²) in [5.41, 5.74) is -2.97. The lowest BCUT2D eigenvalue weighted by Crippen LogP contribution is -2.61. The minimum atomic E-state index is -1.12. The van der Waals surface area contributed by atoms with Gasteiger partial charge in [0.1, 0.15) is 0 Å². The molecule has 0 amide bonds. The highest BCUT2D eigenvalue weighted by atomic mass is 35.5. The first-order valence-corrected chi connectivity index (χ1v) is 20.3. The zero-order chi connectivity index (χ0) is 39.4. The predicted octanol–water partition coefficient (Wildman–Crippen LogP) is 16.5. The molecule has 0 fully saturated rings. The van der Waals surface area contributed by atoms with Crippen molar-refractivity contribution >= 4 is 162 Å². The molecule has 0 aromatic heterocycles. The van der Waals surface area contributed by atoms with E-state index in [1.807, 2.05) is 52.0 Å². The summed E-state index contributed by atoms with van der Waals surface area (Å²) < 4.78 is 3.43. The Bertz CT molecular complexity index is 2170. The Kier molecular flexibility index (Phi) is 10.7. The van der Waals surface area contributed by atoms with E-state index in [9.17, 15) is 0 Å². The topological polar surface area (TPSA) is 37.2 Å². The van der Waals surface area contributed by atoms with Crippen molar-refractivity contribution in [1.29, 1.82) is 0 Å². The summed E-state index contributed by atoms with van der Waals surface area (Å²) in [4.78, 5) is 0. The molecule has 0 saturated carbocycles. The van der Waals surface area contributed by atoms with Crippen LogP contribution in [0.25, 0.3) is 0 Å². The van der Waals surface area contributed by atoms with Gasteiger partial charge in [0, 0.05) is 20.1 Å². The Morgan fingerprint density at radius 3 is 0.889 bits per heavy atom. The number of rotatable bonds is 4. The third kappa shape index (κ3) is 6.13. The van der Waals surface area contributed by atoms with Crippen molar-refractivity contribution in [3.8, 4) is 0 Å². The number of hydrogen-bond acceptors (Lipinski definition) is 4. The van der Waals surface area contributed by atoms with E-state index in [1.165, 1.54) is 0 Å². The molecule has 1 aliphatic carbocycles. The van der Waals surface area contributed by atoms with Gasteiger partial charge in [-0.05, 0) is 101 Å². The minimum Gasteiger partial charge on any atom is -0.116 e. The van der Waals surface area contributed by atoms with E-state index in [4.69, 9.17) is 150 Å². The van der Waals surface area contributed by atoms with Gasteiger partial charge >= 0.3 is 0 Å². The van der Waals surface area contributed by atoms with Crippen LogP contribution in [0.15, 0.2) is 83.3 Å². The molecular formula is C36H24Cl12N6+2. The zero-order valence-electron chi connectivity index (χ0n) is 28.1. The predicted molar refractivity (Wildman–Crippen MR) is 227 cm³/mol. The number of fused-ring (bicyclic) bond motifs is 2. The Balaban J connectivity index is 1.56. The fourth-order valence-electron chi connectivity index (χ4n) is 7.07. The normalized spacial score (nSPS) is 27.3. The lowest BCUT2D eigenvalue weighted by molar-refractivity contribution is -0.571. The van der Waals surface area contributed by atoms with Crippen molar-refractivity contribution < 1.29 is 9.39 Å². The highest BCUT2D eigenvalue weighted by molar-refractivity contribution is 6.44. The molecule has 0 bridgehead atoms. The Hall–Kier alpha value is -1.36. The highest BCUT2D eigenvalue weighted by Crippen LogP contribution is 2.57. The summed E-state index contributed by atoms with van der Waals surface area (Å²) in [5, 5.41) is 17.1. The largest absolute Gasteiger partial charge is 0.198 e. The highest BCUT2D eigenvalue weighted by Gasteiger charge is 2.70. The summed E-state index contributed by atoms with van der Waals surface area (Å²) in [5.74, 6) is 0. The summed E-state index contributed by atoms with van der Waals surface area (Å²) in [6.07, 6.45) is 7.97. The monoisotopic (exact) mass is 960 g/mol. The average molecular weight is 966 g/mol. The molecule has 0 unspecified atom stereocenters. The van der Waals surface area contributed by atoms with E-state index in [2.05, 4.69) is 0 Å². The molecule has 3 aliphatic rings. The smallest absolute Gasteiger partial charge is 0.116 e.